The minimum Gasteiger partial charge on any atom is -0.355 e. The van der Waals surface area contributed by atoms with Gasteiger partial charge in [-0.15, -0.1) is 0 Å². The summed E-state index contributed by atoms with van der Waals surface area (Å²) < 4.78 is 5.08. The molecule has 0 amide bonds. The van der Waals surface area contributed by atoms with E-state index in [1.54, 1.807) is 0 Å². The smallest absolute Gasteiger partial charge is 0.223 e. The molecule has 7 nitrogen and oxygen atoms in total. The molecule has 7 heteroatoms. The van der Waals surface area contributed by atoms with Gasteiger partial charge in [-0.3, -0.25) is 4.90 Å². The van der Waals surface area contributed by atoms with Gasteiger partial charge in [-0.05, 0) is 26.2 Å². The molecule has 1 aliphatic carbocycles. The van der Waals surface area contributed by atoms with Crippen LogP contribution in [-0.2, 0) is 6.54 Å². The minimum atomic E-state index is 0.573. The third-order valence-corrected chi connectivity index (χ3v) is 5.18. The van der Waals surface area contributed by atoms with Gasteiger partial charge in [-0.2, -0.15) is 4.98 Å². The zero-order valence-corrected chi connectivity index (χ0v) is 15.1. The lowest BCUT2D eigenvalue weighted by Gasteiger charge is -2.27. The molecule has 1 aliphatic heterocycles. The van der Waals surface area contributed by atoms with Crippen LogP contribution in [0, 0.1) is 13.8 Å². The van der Waals surface area contributed by atoms with Gasteiger partial charge in [-0.25, -0.2) is 9.97 Å². The van der Waals surface area contributed by atoms with Crippen molar-refractivity contribution >= 4 is 5.82 Å². The molecule has 2 aliphatic rings. The molecule has 4 rings (SSSR count). The number of nitrogens with zero attached hydrogens (tertiary/aromatic N) is 6. The van der Waals surface area contributed by atoms with Gasteiger partial charge in [0.1, 0.15) is 11.6 Å². The molecule has 2 fully saturated rings. The Morgan fingerprint density at radius 1 is 1.04 bits per heavy atom. The Hall–Kier alpha value is -2.02. The van der Waals surface area contributed by atoms with E-state index in [9.17, 15) is 0 Å². The molecule has 25 heavy (non-hydrogen) atoms. The molecule has 3 heterocycles. The fraction of sp³-hybridized carbons (Fsp3) is 0.667. The molecule has 0 unspecified atom stereocenters. The summed E-state index contributed by atoms with van der Waals surface area (Å²) in [5.41, 5.74) is 1.08. The van der Waals surface area contributed by atoms with E-state index in [0.29, 0.717) is 11.8 Å². The highest BCUT2D eigenvalue weighted by atomic mass is 16.5. The van der Waals surface area contributed by atoms with E-state index in [2.05, 4.69) is 37.9 Å². The summed E-state index contributed by atoms with van der Waals surface area (Å²) in [5, 5.41) is 4.01. The first-order valence-corrected chi connectivity index (χ1v) is 9.29. The average molecular weight is 342 g/mol. The van der Waals surface area contributed by atoms with E-state index in [-0.39, 0.29) is 0 Å². The monoisotopic (exact) mass is 342 g/mol. The van der Waals surface area contributed by atoms with Crippen molar-refractivity contribution in [2.75, 3.05) is 31.1 Å². The molecular formula is C18H26N6O. The number of hydrogen-bond acceptors (Lipinski definition) is 7. The second kappa shape index (κ2) is 7.07. The highest BCUT2D eigenvalue weighted by Crippen LogP contribution is 2.35. The van der Waals surface area contributed by atoms with Gasteiger partial charge in [0.25, 0.3) is 0 Å². The Morgan fingerprint density at radius 2 is 1.92 bits per heavy atom. The van der Waals surface area contributed by atoms with Gasteiger partial charge in [0.15, 0.2) is 5.82 Å². The van der Waals surface area contributed by atoms with Crippen molar-refractivity contribution in [3.05, 3.63) is 29.3 Å². The predicted octanol–water partition coefficient (Wildman–Crippen LogP) is 2.46. The second-order valence-electron chi connectivity index (χ2n) is 7.20. The first-order valence-electron chi connectivity index (χ1n) is 9.29. The molecular weight excluding hydrogens is 316 g/mol. The minimum absolute atomic E-state index is 0.573. The van der Waals surface area contributed by atoms with Gasteiger partial charge in [0.05, 0.1) is 6.54 Å². The van der Waals surface area contributed by atoms with E-state index < -0.39 is 0 Å². The SMILES string of the molecule is Cc1cc(N2CCCN(Cc3noc(C)n3)CC2)nc(C2CCC2)n1. The van der Waals surface area contributed by atoms with Crippen LogP contribution in [0.1, 0.15) is 54.8 Å². The summed E-state index contributed by atoms with van der Waals surface area (Å²) in [4.78, 5) is 18.7. The molecule has 1 saturated heterocycles. The molecule has 2 aromatic rings. The summed E-state index contributed by atoms with van der Waals surface area (Å²) >= 11 is 0. The van der Waals surface area contributed by atoms with Crippen LogP contribution in [0.3, 0.4) is 0 Å². The van der Waals surface area contributed by atoms with Crippen LogP contribution >= 0.6 is 0 Å². The van der Waals surface area contributed by atoms with E-state index in [1.807, 2.05) is 6.92 Å². The molecule has 1 saturated carbocycles. The Kier molecular flexibility index (Phi) is 4.65. The van der Waals surface area contributed by atoms with Crippen LogP contribution in [0.5, 0.6) is 0 Å². The van der Waals surface area contributed by atoms with Crippen molar-refractivity contribution in [2.45, 2.75) is 52.0 Å². The van der Waals surface area contributed by atoms with Gasteiger partial charge in [0, 0.05) is 50.8 Å². The topological polar surface area (TPSA) is 71.2 Å². The van der Waals surface area contributed by atoms with E-state index in [0.717, 1.165) is 62.3 Å². The van der Waals surface area contributed by atoms with Gasteiger partial charge >= 0.3 is 0 Å². The number of aromatic nitrogens is 4. The van der Waals surface area contributed by atoms with E-state index in [1.165, 1.54) is 19.3 Å². The first kappa shape index (κ1) is 16.4. The highest BCUT2D eigenvalue weighted by Gasteiger charge is 2.24. The fourth-order valence-electron chi connectivity index (χ4n) is 3.55. The van der Waals surface area contributed by atoms with Crippen LogP contribution < -0.4 is 4.90 Å². The normalized spacial score (nSPS) is 19.7. The molecule has 134 valence electrons. The van der Waals surface area contributed by atoms with Crippen molar-refractivity contribution in [1.29, 1.82) is 0 Å². The lowest BCUT2D eigenvalue weighted by Crippen LogP contribution is -2.31. The standard InChI is InChI=1S/C18H26N6O/c1-13-11-17(21-18(19-13)15-5-3-6-15)24-8-4-7-23(9-10-24)12-16-20-14(2)25-22-16/h11,15H,3-10,12H2,1-2H3. The Labute approximate surface area is 148 Å². The van der Waals surface area contributed by atoms with Crippen LogP contribution in [0.4, 0.5) is 5.82 Å². The van der Waals surface area contributed by atoms with Crippen molar-refractivity contribution < 1.29 is 4.52 Å². The second-order valence-corrected chi connectivity index (χ2v) is 7.20. The summed E-state index contributed by atoms with van der Waals surface area (Å²) in [6.07, 6.45) is 4.89. The number of hydrogen-bond donors (Lipinski definition) is 0. The third kappa shape index (κ3) is 3.81. The van der Waals surface area contributed by atoms with Gasteiger partial charge in [0.2, 0.25) is 5.89 Å². The maximum absolute atomic E-state index is 5.08. The predicted molar refractivity (Wildman–Crippen MR) is 94.5 cm³/mol. The summed E-state index contributed by atoms with van der Waals surface area (Å²) in [6.45, 7) is 8.69. The maximum atomic E-state index is 5.08. The van der Waals surface area contributed by atoms with Crippen LogP contribution in [0.15, 0.2) is 10.6 Å². The van der Waals surface area contributed by atoms with Crippen molar-refractivity contribution in [1.82, 2.24) is 25.0 Å². The molecule has 0 radical (unpaired) electrons. The summed E-state index contributed by atoms with van der Waals surface area (Å²) in [5.74, 6) is 4.11. The average Bonchev–Trinajstić information content (AvgIpc) is 2.79. The Bertz CT molecular complexity index is 726. The van der Waals surface area contributed by atoms with Crippen LogP contribution in [0.25, 0.3) is 0 Å². The van der Waals surface area contributed by atoms with Crippen molar-refractivity contribution in [2.24, 2.45) is 0 Å². The fourth-order valence-corrected chi connectivity index (χ4v) is 3.55. The lowest BCUT2D eigenvalue weighted by atomic mass is 9.85. The van der Waals surface area contributed by atoms with E-state index >= 15 is 0 Å². The largest absolute Gasteiger partial charge is 0.355 e. The molecule has 0 aromatic carbocycles. The third-order valence-electron chi connectivity index (χ3n) is 5.18. The number of aryl methyl sites for hydroxylation is 2. The summed E-state index contributed by atoms with van der Waals surface area (Å²) in [7, 11) is 0. The van der Waals surface area contributed by atoms with E-state index in [4.69, 9.17) is 9.51 Å². The zero-order valence-electron chi connectivity index (χ0n) is 15.1. The first-order chi connectivity index (χ1) is 12.2. The quantitative estimate of drug-likeness (QED) is 0.845. The molecule has 0 spiro atoms. The molecule has 2 aromatic heterocycles. The summed E-state index contributed by atoms with van der Waals surface area (Å²) in [6, 6.07) is 2.13. The molecule has 0 atom stereocenters. The Morgan fingerprint density at radius 3 is 2.64 bits per heavy atom. The Balaban J connectivity index is 1.42. The zero-order chi connectivity index (χ0) is 17.2. The van der Waals surface area contributed by atoms with Crippen LogP contribution in [0.2, 0.25) is 0 Å². The highest BCUT2D eigenvalue weighted by molar-refractivity contribution is 5.40. The van der Waals surface area contributed by atoms with Gasteiger partial charge < -0.3 is 9.42 Å². The van der Waals surface area contributed by atoms with Crippen LogP contribution in [-0.4, -0.2) is 51.2 Å². The number of rotatable bonds is 4. The van der Waals surface area contributed by atoms with Crippen molar-refractivity contribution in [3.63, 3.8) is 0 Å². The lowest BCUT2D eigenvalue weighted by molar-refractivity contribution is 0.272. The van der Waals surface area contributed by atoms with Crippen molar-refractivity contribution in [3.8, 4) is 0 Å². The van der Waals surface area contributed by atoms with Gasteiger partial charge in [-0.1, -0.05) is 11.6 Å². The number of anilines is 1. The molecule has 0 bridgehead atoms. The molecule has 0 N–H and O–H groups in total. The maximum Gasteiger partial charge on any atom is 0.223 e.